The number of nitrogens with one attached hydrogen (secondary N) is 7. The first-order valence-electron chi connectivity index (χ1n) is 23.8. The summed E-state index contributed by atoms with van der Waals surface area (Å²) in [5, 5.41) is 14.5. The normalized spacial score (nSPS) is 15.9. The Labute approximate surface area is 406 Å². The van der Waals surface area contributed by atoms with Crippen LogP contribution in [0.1, 0.15) is 89.0 Å². The van der Waals surface area contributed by atoms with E-state index in [4.69, 9.17) is 17.2 Å². The van der Waals surface area contributed by atoms with Gasteiger partial charge in [0.15, 0.2) is 11.7 Å². The van der Waals surface area contributed by atoms with Crippen molar-refractivity contribution < 1.29 is 38.4 Å². The molecule has 1 aliphatic heterocycles. The molecule has 0 unspecified atom stereocenters. The van der Waals surface area contributed by atoms with Crippen LogP contribution in [0.4, 0.5) is 0 Å². The topological polar surface area (TPSA) is 335 Å². The molecule has 13 N–H and O–H groups in total. The van der Waals surface area contributed by atoms with Gasteiger partial charge in [-0.3, -0.25) is 43.3 Å². The van der Waals surface area contributed by atoms with Gasteiger partial charge in [0.1, 0.15) is 30.2 Å². The second-order valence-electron chi connectivity index (χ2n) is 17.8. The fourth-order valence-corrected chi connectivity index (χ4v) is 8.58. The number of nitrogens with zero attached hydrogens (tertiary/aromatic N) is 3. The van der Waals surface area contributed by atoms with Gasteiger partial charge in [0.25, 0.3) is 0 Å². The quantitative estimate of drug-likeness (QED) is 0.0225. The Morgan fingerprint density at radius 3 is 2.19 bits per heavy atom. The summed E-state index contributed by atoms with van der Waals surface area (Å²) in [4.78, 5) is 125. The van der Waals surface area contributed by atoms with Crippen molar-refractivity contribution in [3.05, 3.63) is 90.1 Å². The van der Waals surface area contributed by atoms with Gasteiger partial charge in [0, 0.05) is 74.2 Å². The highest BCUT2D eigenvalue weighted by molar-refractivity contribution is 5.98. The molecule has 0 aliphatic carbocycles. The van der Waals surface area contributed by atoms with Crippen LogP contribution in [0.25, 0.3) is 10.9 Å². The molecule has 0 radical (unpaired) electrons. The summed E-state index contributed by atoms with van der Waals surface area (Å²) in [5.41, 5.74) is 19.8. The van der Waals surface area contributed by atoms with E-state index in [9.17, 15) is 38.4 Å². The lowest BCUT2D eigenvalue weighted by Gasteiger charge is -2.30. The van der Waals surface area contributed by atoms with E-state index in [-0.39, 0.29) is 51.2 Å². The van der Waals surface area contributed by atoms with E-state index in [0.717, 1.165) is 22.9 Å². The Morgan fingerprint density at radius 1 is 0.786 bits per heavy atom. The number of aromatic amines is 2. The highest BCUT2D eigenvalue weighted by Gasteiger charge is 2.40. The molecule has 2 aromatic heterocycles. The zero-order chi connectivity index (χ0) is 50.7. The number of fused-ring (bicyclic) bond motifs is 1. The minimum Gasteiger partial charge on any atom is -0.370 e. The average molecular weight is 966 g/mol. The van der Waals surface area contributed by atoms with Crippen molar-refractivity contribution in [1.29, 1.82) is 0 Å². The Kier molecular flexibility index (Phi) is 20.0. The van der Waals surface area contributed by atoms with Gasteiger partial charge in [-0.15, -0.1) is 0 Å². The monoisotopic (exact) mass is 966 g/mol. The van der Waals surface area contributed by atoms with Crippen molar-refractivity contribution in [3.63, 3.8) is 0 Å². The molecule has 0 saturated carbocycles. The molecule has 1 saturated heterocycles. The molecule has 0 spiro atoms. The number of ketones is 1. The van der Waals surface area contributed by atoms with Gasteiger partial charge in [-0.25, -0.2) is 4.98 Å². The fourth-order valence-electron chi connectivity index (χ4n) is 8.58. The third-order valence-corrected chi connectivity index (χ3v) is 12.3. The van der Waals surface area contributed by atoms with Crippen LogP contribution in [-0.2, 0) is 57.6 Å². The Morgan fingerprint density at radius 2 is 1.50 bits per heavy atom. The third kappa shape index (κ3) is 15.7. The maximum Gasteiger partial charge on any atom is 0.243 e. The van der Waals surface area contributed by atoms with Gasteiger partial charge in [-0.2, -0.15) is 0 Å². The molecule has 3 heterocycles. The Balaban J connectivity index is 1.35. The number of guanidine groups is 1. The summed E-state index contributed by atoms with van der Waals surface area (Å²) in [6, 6.07) is 9.97. The number of unbranched alkanes of at least 4 members (excludes halogenated alkanes) is 1. The van der Waals surface area contributed by atoms with Crippen LogP contribution in [0.15, 0.2) is 78.3 Å². The minimum absolute atomic E-state index is 0.0273. The van der Waals surface area contributed by atoms with E-state index in [2.05, 4.69) is 46.5 Å². The Hall–Kier alpha value is -7.58. The lowest BCUT2D eigenvalue weighted by Crippen LogP contribution is -2.57. The number of aliphatic imine (C=N–C) groups is 1. The number of rotatable bonds is 27. The Bertz CT molecular complexity index is 2450. The largest absolute Gasteiger partial charge is 0.370 e. The number of likely N-dealkylation sites (tertiary alicyclic amines) is 1. The third-order valence-electron chi connectivity index (χ3n) is 12.3. The molecular weight excluding hydrogens is 899 g/mol. The highest BCUT2D eigenvalue weighted by Crippen LogP contribution is 2.26. The number of carbonyl (C=O) groups excluding carboxylic acids is 8. The first kappa shape index (κ1) is 53.4. The molecule has 2 aromatic carbocycles. The molecule has 5 rings (SSSR count). The van der Waals surface area contributed by atoms with Gasteiger partial charge in [-0.1, -0.05) is 68.3 Å². The van der Waals surface area contributed by atoms with Crippen LogP contribution < -0.4 is 43.8 Å². The number of Topliss-reactive ketones (excluding diaryl/α,β-unsaturated/α-hetero) is 1. The second kappa shape index (κ2) is 26.3. The van der Waals surface area contributed by atoms with Crippen LogP contribution in [-0.4, -0.2) is 122 Å². The number of primary amides is 1. The van der Waals surface area contributed by atoms with Gasteiger partial charge < -0.3 is 58.7 Å². The maximum absolute atomic E-state index is 14.7. The molecule has 0 bridgehead atoms. The second-order valence-corrected chi connectivity index (χ2v) is 17.8. The first-order valence-corrected chi connectivity index (χ1v) is 23.8. The van der Waals surface area contributed by atoms with E-state index in [1.54, 1.807) is 36.5 Å². The van der Waals surface area contributed by atoms with Crippen LogP contribution in [0, 0.1) is 5.92 Å². The first-order chi connectivity index (χ1) is 33.5. The predicted octanol–water partition coefficient (Wildman–Crippen LogP) is 0.678. The zero-order valence-electron chi connectivity index (χ0n) is 40.0. The summed E-state index contributed by atoms with van der Waals surface area (Å²) < 4.78 is 0. The van der Waals surface area contributed by atoms with Crippen LogP contribution in [0.2, 0.25) is 0 Å². The van der Waals surface area contributed by atoms with Crippen molar-refractivity contribution >= 4 is 64.0 Å². The number of para-hydroxylation sites is 1. The molecule has 7 amide bonds. The van der Waals surface area contributed by atoms with Gasteiger partial charge in [-0.05, 0) is 62.6 Å². The lowest BCUT2D eigenvalue weighted by molar-refractivity contribution is -0.144. The maximum atomic E-state index is 14.7. The van der Waals surface area contributed by atoms with E-state index in [0.29, 0.717) is 43.4 Å². The number of carbonyl (C=O) groups is 8. The molecule has 4 aromatic rings. The van der Waals surface area contributed by atoms with Gasteiger partial charge in [0.2, 0.25) is 41.4 Å². The summed E-state index contributed by atoms with van der Waals surface area (Å²) in [6.07, 6.45) is 7.40. The molecule has 376 valence electrons. The molecule has 1 aliphatic rings. The van der Waals surface area contributed by atoms with E-state index >= 15 is 0 Å². The van der Waals surface area contributed by atoms with E-state index in [1.165, 1.54) is 31.3 Å². The van der Waals surface area contributed by atoms with Crippen molar-refractivity contribution in [3.8, 4) is 0 Å². The average Bonchev–Trinajstić information content (AvgIpc) is 4.13. The number of H-pyrrole nitrogens is 2. The number of hydrogen-bond acceptors (Lipinski definition) is 10. The molecule has 21 heteroatoms. The predicted molar refractivity (Wildman–Crippen MR) is 262 cm³/mol. The number of imidazole rings is 1. The van der Waals surface area contributed by atoms with Crippen molar-refractivity contribution in [2.75, 3.05) is 13.1 Å². The molecule has 1 fully saturated rings. The number of benzene rings is 2. The number of hydrogen-bond donors (Lipinski definition) is 10. The number of nitrogens with two attached hydrogens (primary N) is 3. The van der Waals surface area contributed by atoms with Crippen LogP contribution in [0.3, 0.4) is 0 Å². The summed E-state index contributed by atoms with van der Waals surface area (Å²) in [7, 11) is 0. The lowest BCUT2D eigenvalue weighted by atomic mass is 9.90. The van der Waals surface area contributed by atoms with E-state index < -0.39 is 89.3 Å². The van der Waals surface area contributed by atoms with Crippen LogP contribution >= 0.6 is 0 Å². The summed E-state index contributed by atoms with van der Waals surface area (Å²) >= 11 is 0. The van der Waals surface area contributed by atoms with Crippen molar-refractivity contribution in [2.45, 2.75) is 128 Å². The number of aromatic nitrogens is 3. The zero-order valence-corrected chi connectivity index (χ0v) is 40.0. The highest BCUT2D eigenvalue weighted by atomic mass is 16.2. The van der Waals surface area contributed by atoms with Gasteiger partial charge in [0.05, 0.1) is 12.4 Å². The fraction of sp³-hybridized carbons (Fsp3) is 0.469. The minimum atomic E-state index is -1.27. The summed E-state index contributed by atoms with van der Waals surface area (Å²) in [5.74, 6) is -5.78. The van der Waals surface area contributed by atoms with Gasteiger partial charge >= 0.3 is 0 Å². The smallest absolute Gasteiger partial charge is 0.243 e. The standard InChI is InChI=1S/C49H67N13O8/c1-4-5-17-37(58-30(3)63)45(67)57-29(2)44(66)61-40(25-34-27-53-28-56-34)46(68)59-38(22-31-13-7-6-8-14-31)42(64)24-32(15-11-20-54-49(51)52)48(70)62-21-12-19-41(62)47(69)60-39(43(50)65)23-33-26-55-36-18-10-9-16-35(33)36/h6-10,13-14,16,18,26-29,32,37-41,55H,4-5,11-12,15,17,19-25H2,1-3H3,(H2,50,65)(H,53,56)(H,57,67)(H,58,63)(H,59,68)(H,60,69)(H,61,66)(H4,51,52,54)/t29-,32+,37-,38+,39-,40-,41-/m0/s1. The molecule has 70 heavy (non-hydrogen) atoms. The molecule has 21 nitrogen and oxygen atoms in total. The van der Waals surface area contributed by atoms with Crippen molar-refractivity contribution in [1.82, 2.24) is 46.4 Å². The SMILES string of the molecule is CCCC[C@H](NC(C)=O)C(=O)N[C@@H](C)C(=O)N[C@@H](Cc1cnc[nH]1)C(=O)N[C@H](Cc1ccccc1)C(=O)C[C@@H](CCCN=C(N)N)C(=O)N1CCC[C@H]1C(=O)N[C@@H](Cc1c[nH]c2ccccc12)C(N)=O. The summed E-state index contributed by atoms with van der Waals surface area (Å²) in [6.45, 7) is 5.06. The van der Waals surface area contributed by atoms with Crippen molar-refractivity contribution in [2.24, 2.45) is 28.1 Å². The molecule has 7 atom stereocenters. The molecular formula is C49H67N13O8. The van der Waals surface area contributed by atoms with E-state index in [1.807, 2.05) is 31.2 Å². The number of amides is 7. The van der Waals surface area contributed by atoms with Crippen LogP contribution in [0.5, 0.6) is 0 Å².